The predicted octanol–water partition coefficient (Wildman–Crippen LogP) is 4.59. The molecule has 1 fully saturated rings. The molecule has 122 valence electrons. The first-order valence-electron chi connectivity index (χ1n) is 7.94. The van der Waals surface area contributed by atoms with Crippen molar-refractivity contribution in [1.29, 1.82) is 0 Å². The van der Waals surface area contributed by atoms with E-state index in [-0.39, 0.29) is 17.9 Å². The van der Waals surface area contributed by atoms with Gasteiger partial charge in [0.25, 0.3) is 0 Å². The van der Waals surface area contributed by atoms with E-state index in [0.29, 0.717) is 10.0 Å². The van der Waals surface area contributed by atoms with E-state index in [4.69, 9.17) is 23.2 Å². The molecule has 0 aliphatic carbocycles. The summed E-state index contributed by atoms with van der Waals surface area (Å²) in [5.41, 5.74) is 2.45. The van der Waals surface area contributed by atoms with Crippen molar-refractivity contribution in [3.05, 3.63) is 69.7 Å². The lowest BCUT2D eigenvalue weighted by molar-refractivity contribution is 0.120. The molecule has 2 aromatic rings. The number of rotatable bonds is 4. The summed E-state index contributed by atoms with van der Waals surface area (Å²) < 4.78 is 0. The summed E-state index contributed by atoms with van der Waals surface area (Å²) in [4.78, 5) is 2.40. The normalized spacial score (nSPS) is 23.1. The van der Waals surface area contributed by atoms with Crippen LogP contribution in [-0.2, 0) is 6.54 Å². The van der Waals surface area contributed by atoms with Crippen LogP contribution in [0.2, 0.25) is 10.0 Å². The van der Waals surface area contributed by atoms with Crippen molar-refractivity contribution in [2.24, 2.45) is 5.92 Å². The molecule has 1 aliphatic heterocycles. The molecule has 3 rings (SSSR count). The zero-order valence-electron chi connectivity index (χ0n) is 13.1. The molecule has 3 atom stereocenters. The van der Waals surface area contributed by atoms with Crippen molar-refractivity contribution in [3.8, 4) is 0 Å². The summed E-state index contributed by atoms with van der Waals surface area (Å²) in [5, 5.41) is 11.4. The van der Waals surface area contributed by atoms with Gasteiger partial charge in [-0.3, -0.25) is 4.90 Å². The Hall–Kier alpha value is -1.06. The number of benzene rings is 2. The van der Waals surface area contributed by atoms with E-state index >= 15 is 0 Å². The van der Waals surface area contributed by atoms with E-state index in [1.165, 1.54) is 5.56 Å². The lowest BCUT2D eigenvalue weighted by Gasteiger charge is -2.21. The Morgan fingerprint density at radius 1 is 1.09 bits per heavy atom. The van der Waals surface area contributed by atoms with E-state index < -0.39 is 0 Å². The van der Waals surface area contributed by atoms with Crippen LogP contribution in [0.4, 0.5) is 0 Å². The van der Waals surface area contributed by atoms with Crippen LogP contribution in [0.25, 0.3) is 0 Å². The van der Waals surface area contributed by atoms with Crippen LogP contribution in [0.5, 0.6) is 0 Å². The van der Waals surface area contributed by atoms with Crippen molar-refractivity contribution in [3.63, 3.8) is 0 Å². The smallest absolute Gasteiger partial charge is 0.0595 e. The Labute approximate surface area is 147 Å². The van der Waals surface area contributed by atoms with Crippen molar-refractivity contribution < 1.29 is 5.11 Å². The van der Waals surface area contributed by atoms with Crippen LogP contribution in [0, 0.1) is 5.92 Å². The summed E-state index contributed by atoms with van der Waals surface area (Å²) in [6.07, 6.45) is -0.352. The Kier molecular flexibility index (Phi) is 5.27. The summed E-state index contributed by atoms with van der Waals surface area (Å²) in [7, 11) is 0. The molecule has 0 aromatic heterocycles. The molecule has 23 heavy (non-hydrogen) atoms. The molecule has 0 spiro atoms. The first-order valence-corrected chi connectivity index (χ1v) is 8.69. The number of hydrogen-bond donors (Lipinski definition) is 1. The highest BCUT2D eigenvalue weighted by Crippen LogP contribution is 2.37. The van der Waals surface area contributed by atoms with Gasteiger partial charge in [-0.15, -0.1) is 0 Å². The maximum absolute atomic E-state index is 10.2. The average Bonchev–Trinajstić information content (AvgIpc) is 2.95. The van der Waals surface area contributed by atoms with Crippen molar-refractivity contribution in [2.75, 3.05) is 13.1 Å². The monoisotopic (exact) mass is 349 g/mol. The number of aliphatic hydroxyl groups excluding tert-OH is 1. The molecule has 2 nitrogen and oxygen atoms in total. The third-order valence-corrected chi connectivity index (χ3v) is 5.42. The summed E-state index contributed by atoms with van der Waals surface area (Å²) >= 11 is 12.2. The molecule has 1 saturated heterocycles. The van der Waals surface area contributed by atoms with Gasteiger partial charge in [0.2, 0.25) is 0 Å². The fourth-order valence-corrected chi connectivity index (χ4v) is 3.78. The molecule has 0 bridgehead atoms. The molecular weight excluding hydrogens is 329 g/mol. The van der Waals surface area contributed by atoms with Gasteiger partial charge in [-0.2, -0.15) is 0 Å². The SMILES string of the molecule is C[C@H](O)[C@@H]1CN(Cc2ccccc2)C[C@@H]1c1ccc(Cl)c(Cl)c1. The molecule has 1 heterocycles. The minimum atomic E-state index is -0.352. The van der Waals surface area contributed by atoms with Gasteiger partial charge in [0.1, 0.15) is 0 Å². The summed E-state index contributed by atoms with van der Waals surface area (Å²) in [6, 6.07) is 16.3. The Morgan fingerprint density at radius 3 is 2.48 bits per heavy atom. The number of hydrogen-bond acceptors (Lipinski definition) is 2. The zero-order chi connectivity index (χ0) is 16.4. The van der Waals surface area contributed by atoms with Crippen LogP contribution in [0.3, 0.4) is 0 Å². The zero-order valence-corrected chi connectivity index (χ0v) is 14.6. The average molecular weight is 350 g/mol. The van der Waals surface area contributed by atoms with Gasteiger partial charge in [-0.1, -0.05) is 59.6 Å². The molecule has 1 aliphatic rings. The van der Waals surface area contributed by atoms with Crippen LogP contribution < -0.4 is 0 Å². The van der Waals surface area contributed by atoms with E-state index in [1.54, 1.807) is 0 Å². The van der Waals surface area contributed by atoms with Crippen LogP contribution in [0.1, 0.15) is 24.0 Å². The molecular formula is C19H21Cl2NO. The van der Waals surface area contributed by atoms with Gasteiger partial charge < -0.3 is 5.11 Å². The van der Waals surface area contributed by atoms with Gasteiger partial charge in [0.05, 0.1) is 16.1 Å². The highest BCUT2D eigenvalue weighted by atomic mass is 35.5. The lowest BCUT2D eigenvalue weighted by atomic mass is 9.86. The maximum Gasteiger partial charge on any atom is 0.0595 e. The van der Waals surface area contributed by atoms with Crippen LogP contribution in [-0.4, -0.2) is 29.2 Å². The Bertz CT molecular complexity index is 660. The highest BCUT2D eigenvalue weighted by molar-refractivity contribution is 6.42. The van der Waals surface area contributed by atoms with E-state index in [2.05, 4.69) is 29.2 Å². The second-order valence-corrected chi connectivity index (χ2v) is 7.18. The van der Waals surface area contributed by atoms with E-state index in [0.717, 1.165) is 25.2 Å². The van der Waals surface area contributed by atoms with Gasteiger partial charge in [-0.25, -0.2) is 0 Å². The first-order chi connectivity index (χ1) is 11.0. The van der Waals surface area contributed by atoms with Gasteiger partial charge >= 0.3 is 0 Å². The largest absolute Gasteiger partial charge is 0.393 e. The fraction of sp³-hybridized carbons (Fsp3) is 0.368. The Morgan fingerprint density at radius 2 is 1.83 bits per heavy atom. The van der Waals surface area contributed by atoms with Crippen LogP contribution in [0.15, 0.2) is 48.5 Å². The van der Waals surface area contributed by atoms with Crippen molar-refractivity contribution in [1.82, 2.24) is 4.90 Å². The highest BCUT2D eigenvalue weighted by Gasteiger charge is 2.36. The standard InChI is InChI=1S/C19H21Cl2NO/c1-13(23)16-11-22(10-14-5-3-2-4-6-14)12-17(16)15-7-8-18(20)19(21)9-15/h2-9,13,16-17,23H,10-12H2,1H3/t13-,16-,17+/m0/s1. The topological polar surface area (TPSA) is 23.5 Å². The van der Waals surface area contributed by atoms with Gasteiger partial charge in [0, 0.05) is 31.5 Å². The molecule has 0 radical (unpaired) electrons. The number of nitrogens with zero attached hydrogens (tertiary/aromatic N) is 1. The van der Waals surface area contributed by atoms with Gasteiger partial charge in [-0.05, 0) is 30.2 Å². The Balaban J connectivity index is 1.79. The van der Waals surface area contributed by atoms with E-state index in [1.807, 2.05) is 31.2 Å². The minimum Gasteiger partial charge on any atom is -0.393 e. The lowest BCUT2D eigenvalue weighted by Crippen LogP contribution is -2.25. The van der Waals surface area contributed by atoms with Gasteiger partial charge in [0.15, 0.2) is 0 Å². The van der Waals surface area contributed by atoms with Crippen molar-refractivity contribution >= 4 is 23.2 Å². The quantitative estimate of drug-likeness (QED) is 0.872. The second-order valence-electron chi connectivity index (χ2n) is 6.36. The molecule has 1 N–H and O–H groups in total. The molecule has 0 amide bonds. The predicted molar refractivity (Wildman–Crippen MR) is 96.1 cm³/mol. The molecule has 2 aromatic carbocycles. The number of likely N-dealkylation sites (tertiary alicyclic amines) is 1. The fourth-order valence-electron chi connectivity index (χ4n) is 3.47. The molecule has 4 heteroatoms. The maximum atomic E-state index is 10.2. The molecule has 0 saturated carbocycles. The number of aliphatic hydroxyl groups is 1. The summed E-state index contributed by atoms with van der Waals surface area (Å²) in [5.74, 6) is 0.476. The van der Waals surface area contributed by atoms with Crippen LogP contribution >= 0.6 is 23.2 Å². The minimum absolute atomic E-state index is 0.205. The first kappa shape index (κ1) is 16.8. The van der Waals surface area contributed by atoms with E-state index in [9.17, 15) is 5.11 Å². The third-order valence-electron chi connectivity index (χ3n) is 4.68. The third kappa shape index (κ3) is 3.89. The number of halogens is 2. The molecule has 0 unspecified atom stereocenters. The summed E-state index contributed by atoms with van der Waals surface area (Å²) in [6.45, 7) is 4.59. The second kappa shape index (κ2) is 7.23. The van der Waals surface area contributed by atoms with Crippen molar-refractivity contribution in [2.45, 2.75) is 25.5 Å².